The van der Waals surface area contributed by atoms with E-state index < -0.39 is 0 Å². The maximum atomic E-state index is 12.2. The van der Waals surface area contributed by atoms with Crippen molar-refractivity contribution in [1.82, 2.24) is 14.8 Å². The Morgan fingerprint density at radius 3 is 2.92 bits per heavy atom. The first kappa shape index (κ1) is 18.5. The number of thioether (sulfide) groups is 1. The second kappa shape index (κ2) is 8.36. The largest absolute Gasteiger partial charge is 0.325 e. The molecule has 1 aromatic carbocycles. The Bertz CT molecular complexity index is 962. The molecule has 0 saturated carbocycles. The van der Waals surface area contributed by atoms with Gasteiger partial charge in [0.1, 0.15) is 6.07 Å². The molecule has 132 valence electrons. The van der Waals surface area contributed by atoms with Gasteiger partial charge in [0.15, 0.2) is 11.0 Å². The van der Waals surface area contributed by atoms with E-state index in [1.165, 1.54) is 11.8 Å². The van der Waals surface area contributed by atoms with Crippen LogP contribution in [0.5, 0.6) is 0 Å². The lowest BCUT2D eigenvalue weighted by Gasteiger charge is -2.07. The highest BCUT2D eigenvalue weighted by molar-refractivity contribution is 7.99. The molecule has 0 saturated heterocycles. The van der Waals surface area contributed by atoms with E-state index in [0.717, 1.165) is 17.2 Å². The summed E-state index contributed by atoms with van der Waals surface area (Å²) < 4.78 is 1.99. The van der Waals surface area contributed by atoms with Crippen molar-refractivity contribution < 1.29 is 4.79 Å². The standard InChI is InChI=1S/C17H14ClN5OS2/c1-2-23-16(14-4-3-7-25-14)21-22-17(23)26-10-15(24)20-12-6-5-11(9-19)13(18)8-12/h3-8H,2,10H2,1H3,(H,20,24). The molecule has 0 spiro atoms. The minimum atomic E-state index is -0.181. The number of anilines is 1. The normalized spacial score (nSPS) is 10.5. The summed E-state index contributed by atoms with van der Waals surface area (Å²) in [6.45, 7) is 2.73. The first-order valence-corrected chi connectivity index (χ1v) is 9.96. The number of carbonyl (C=O) groups excluding carboxylic acids is 1. The van der Waals surface area contributed by atoms with Crippen LogP contribution in [0.3, 0.4) is 0 Å². The number of nitriles is 1. The van der Waals surface area contributed by atoms with Crippen LogP contribution in [0.4, 0.5) is 5.69 Å². The van der Waals surface area contributed by atoms with Gasteiger partial charge in [0.05, 0.1) is 21.2 Å². The third-order valence-corrected chi connectivity index (χ3v) is 5.63. The molecule has 0 aliphatic rings. The van der Waals surface area contributed by atoms with Gasteiger partial charge in [-0.1, -0.05) is 29.4 Å². The zero-order valence-electron chi connectivity index (χ0n) is 13.8. The van der Waals surface area contributed by atoms with E-state index in [-0.39, 0.29) is 11.7 Å². The van der Waals surface area contributed by atoms with Crippen molar-refractivity contribution in [1.29, 1.82) is 5.26 Å². The average Bonchev–Trinajstić information content (AvgIpc) is 3.29. The fourth-order valence-electron chi connectivity index (χ4n) is 2.28. The molecular weight excluding hydrogens is 390 g/mol. The molecule has 2 aromatic heterocycles. The van der Waals surface area contributed by atoms with E-state index in [4.69, 9.17) is 16.9 Å². The maximum absolute atomic E-state index is 12.2. The topological polar surface area (TPSA) is 83.6 Å². The quantitative estimate of drug-likeness (QED) is 0.621. The van der Waals surface area contributed by atoms with Gasteiger partial charge in [-0.15, -0.1) is 21.5 Å². The summed E-state index contributed by atoms with van der Waals surface area (Å²) in [5, 5.41) is 23.1. The molecule has 0 radical (unpaired) electrons. The minimum absolute atomic E-state index is 0.181. The highest BCUT2D eigenvalue weighted by Gasteiger charge is 2.15. The van der Waals surface area contributed by atoms with Gasteiger partial charge in [0.2, 0.25) is 5.91 Å². The summed E-state index contributed by atoms with van der Waals surface area (Å²) in [4.78, 5) is 13.2. The fourth-order valence-corrected chi connectivity index (χ4v) is 4.02. The van der Waals surface area contributed by atoms with Crippen molar-refractivity contribution in [3.8, 4) is 16.8 Å². The Hall–Kier alpha value is -2.34. The molecule has 0 unspecified atom stereocenters. The molecule has 3 aromatic rings. The van der Waals surface area contributed by atoms with Gasteiger partial charge in [-0.05, 0) is 36.6 Å². The highest BCUT2D eigenvalue weighted by Crippen LogP contribution is 2.27. The zero-order chi connectivity index (χ0) is 18.5. The molecular formula is C17H14ClN5OS2. The Morgan fingerprint density at radius 1 is 1.42 bits per heavy atom. The van der Waals surface area contributed by atoms with Crippen LogP contribution in [0, 0.1) is 11.3 Å². The highest BCUT2D eigenvalue weighted by atomic mass is 35.5. The van der Waals surface area contributed by atoms with Gasteiger partial charge in [-0.25, -0.2) is 0 Å². The van der Waals surface area contributed by atoms with Crippen molar-refractivity contribution in [2.75, 3.05) is 11.1 Å². The zero-order valence-corrected chi connectivity index (χ0v) is 16.2. The van der Waals surface area contributed by atoms with Gasteiger partial charge in [-0.3, -0.25) is 4.79 Å². The van der Waals surface area contributed by atoms with Gasteiger partial charge in [0.25, 0.3) is 0 Å². The number of hydrogen-bond acceptors (Lipinski definition) is 6. The summed E-state index contributed by atoms with van der Waals surface area (Å²) in [6, 6.07) is 10.7. The van der Waals surface area contributed by atoms with E-state index >= 15 is 0 Å². The molecule has 0 atom stereocenters. The molecule has 0 aliphatic heterocycles. The summed E-state index contributed by atoms with van der Waals surface area (Å²) in [6.07, 6.45) is 0. The Labute approximate surface area is 163 Å². The minimum Gasteiger partial charge on any atom is -0.325 e. The number of benzene rings is 1. The van der Waals surface area contributed by atoms with Crippen molar-refractivity contribution >= 4 is 46.3 Å². The van der Waals surface area contributed by atoms with Crippen LogP contribution in [-0.4, -0.2) is 26.4 Å². The van der Waals surface area contributed by atoms with Crippen LogP contribution >= 0.6 is 34.7 Å². The number of nitrogens with zero attached hydrogens (tertiary/aromatic N) is 4. The molecule has 26 heavy (non-hydrogen) atoms. The van der Waals surface area contributed by atoms with E-state index in [9.17, 15) is 4.79 Å². The van der Waals surface area contributed by atoms with Crippen LogP contribution in [0.2, 0.25) is 5.02 Å². The van der Waals surface area contributed by atoms with Crippen molar-refractivity contribution in [2.24, 2.45) is 0 Å². The molecule has 9 heteroatoms. The predicted octanol–water partition coefficient (Wildman–Crippen LogP) is 4.28. The Kier molecular flexibility index (Phi) is 5.93. The number of hydrogen-bond donors (Lipinski definition) is 1. The number of aromatic nitrogens is 3. The lowest BCUT2D eigenvalue weighted by molar-refractivity contribution is -0.113. The third kappa shape index (κ3) is 4.07. The molecule has 6 nitrogen and oxygen atoms in total. The van der Waals surface area contributed by atoms with Gasteiger partial charge in [0, 0.05) is 12.2 Å². The van der Waals surface area contributed by atoms with Crippen LogP contribution < -0.4 is 5.32 Å². The number of carbonyl (C=O) groups is 1. The smallest absolute Gasteiger partial charge is 0.234 e. The number of halogens is 1. The Balaban J connectivity index is 1.65. The molecule has 0 bridgehead atoms. The van der Waals surface area contributed by atoms with Crippen molar-refractivity contribution in [3.05, 3.63) is 46.3 Å². The second-order valence-electron chi connectivity index (χ2n) is 5.17. The monoisotopic (exact) mass is 403 g/mol. The Morgan fingerprint density at radius 2 is 2.27 bits per heavy atom. The van der Waals surface area contributed by atoms with E-state index in [2.05, 4.69) is 15.5 Å². The predicted molar refractivity (Wildman–Crippen MR) is 105 cm³/mol. The summed E-state index contributed by atoms with van der Waals surface area (Å²) in [5.74, 6) is 0.823. The van der Waals surface area contributed by atoms with E-state index in [0.29, 0.717) is 21.4 Å². The summed E-state index contributed by atoms with van der Waals surface area (Å²) >= 11 is 8.91. The second-order valence-corrected chi connectivity index (χ2v) is 7.47. The average molecular weight is 404 g/mol. The van der Waals surface area contributed by atoms with Gasteiger partial charge in [-0.2, -0.15) is 5.26 Å². The third-order valence-electron chi connectivity index (χ3n) is 3.48. The van der Waals surface area contributed by atoms with Gasteiger partial charge >= 0.3 is 0 Å². The fraction of sp³-hybridized carbons (Fsp3) is 0.176. The molecule has 0 fully saturated rings. The van der Waals surface area contributed by atoms with Crippen molar-refractivity contribution in [2.45, 2.75) is 18.6 Å². The lowest BCUT2D eigenvalue weighted by Crippen LogP contribution is -2.14. The van der Waals surface area contributed by atoms with Crippen LogP contribution in [0.15, 0.2) is 40.9 Å². The van der Waals surface area contributed by atoms with Crippen LogP contribution in [-0.2, 0) is 11.3 Å². The summed E-state index contributed by atoms with van der Waals surface area (Å²) in [5.41, 5.74) is 0.923. The van der Waals surface area contributed by atoms with Gasteiger partial charge < -0.3 is 9.88 Å². The molecule has 2 heterocycles. The maximum Gasteiger partial charge on any atom is 0.234 e. The first-order valence-electron chi connectivity index (χ1n) is 7.71. The number of nitrogens with one attached hydrogen (secondary N) is 1. The van der Waals surface area contributed by atoms with E-state index in [1.807, 2.05) is 35.1 Å². The molecule has 1 amide bonds. The SMILES string of the molecule is CCn1c(SCC(=O)Nc2ccc(C#N)c(Cl)c2)nnc1-c1cccs1. The molecule has 0 aliphatic carbocycles. The number of rotatable bonds is 6. The summed E-state index contributed by atoms with van der Waals surface area (Å²) in [7, 11) is 0. The number of thiophene rings is 1. The molecule has 1 N–H and O–H groups in total. The van der Waals surface area contributed by atoms with Crippen LogP contribution in [0.25, 0.3) is 10.7 Å². The lowest BCUT2D eigenvalue weighted by atomic mass is 10.2. The van der Waals surface area contributed by atoms with Crippen LogP contribution in [0.1, 0.15) is 12.5 Å². The molecule has 3 rings (SSSR count). The van der Waals surface area contributed by atoms with Crippen molar-refractivity contribution in [3.63, 3.8) is 0 Å². The number of amides is 1. The van der Waals surface area contributed by atoms with E-state index in [1.54, 1.807) is 29.5 Å². The first-order chi connectivity index (χ1) is 12.6.